The molecule has 6 rings (SSSR count). The number of hydrogen-bond acceptors (Lipinski definition) is 26. The molecule has 2 unspecified atom stereocenters. The van der Waals surface area contributed by atoms with Crippen LogP contribution in [0.1, 0.15) is 71.4 Å². The Morgan fingerprint density at radius 3 is 1.45 bits per heavy atom. The molecular formula is C57H80N8O22P2. The fraction of sp³-hybridized carbons (Fsp3) is 0.509. The van der Waals surface area contributed by atoms with Crippen molar-refractivity contribution in [2.24, 2.45) is 0 Å². The zero-order valence-corrected chi connectivity index (χ0v) is 52.4. The van der Waals surface area contributed by atoms with Gasteiger partial charge in [0.05, 0.1) is 101 Å². The minimum Gasteiger partial charge on any atom is -0.491 e. The number of aliphatic hydroxyl groups excluding tert-OH is 2. The van der Waals surface area contributed by atoms with E-state index in [0.29, 0.717) is 58.3 Å². The molecule has 0 aliphatic rings. The topological polar surface area (TPSA) is 408 Å². The Kier molecular flexibility index (Phi) is 30.2. The fourth-order valence-corrected chi connectivity index (χ4v) is 9.78. The monoisotopic (exact) mass is 1290 g/mol. The lowest BCUT2D eigenvalue weighted by Gasteiger charge is -2.19. The van der Waals surface area contributed by atoms with Gasteiger partial charge in [-0.25, -0.2) is 29.1 Å². The summed E-state index contributed by atoms with van der Waals surface area (Å²) in [5.74, 6) is 0.624. The average molecular weight is 1290 g/mol. The van der Waals surface area contributed by atoms with Gasteiger partial charge in [0.25, 0.3) is 0 Å². The van der Waals surface area contributed by atoms with Crippen LogP contribution in [-0.4, -0.2) is 178 Å². The largest absolute Gasteiger partial charge is 0.491 e. The van der Waals surface area contributed by atoms with E-state index >= 15 is 0 Å². The number of fused-ring (bicyclic) bond motifs is 6. The predicted octanol–water partition coefficient (Wildman–Crippen LogP) is 6.05. The molecule has 4 atom stereocenters. The Hall–Kier alpha value is -7.18. The van der Waals surface area contributed by atoms with E-state index in [-0.39, 0.29) is 104 Å². The number of anilines is 2. The molecule has 0 saturated carbocycles. The third-order valence-electron chi connectivity index (χ3n) is 12.3. The molecule has 30 nitrogen and oxygen atoms in total. The lowest BCUT2D eigenvalue weighted by molar-refractivity contribution is -0.160. The zero-order chi connectivity index (χ0) is 64.9. The Bertz CT molecular complexity index is 3450. The summed E-state index contributed by atoms with van der Waals surface area (Å²) < 4.78 is 90.6. The summed E-state index contributed by atoms with van der Waals surface area (Å²) >= 11 is 0. The summed E-state index contributed by atoms with van der Waals surface area (Å²) in [6.07, 6.45) is 6.31. The first-order chi connectivity index (χ1) is 42.6. The van der Waals surface area contributed by atoms with E-state index in [1.54, 1.807) is 49.4 Å². The molecule has 6 aromatic rings. The van der Waals surface area contributed by atoms with Crippen LogP contribution in [0.3, 0.4) is 0 Å². The normalized spacial score (nSPS) is 13.7. The Balaban J connectivity index is 0.000000338. The number of imidazole rings is 2. The van der Waals surface area contributed by atoms with E-state index < -0.39 is 64.9 Å². The van der Waals surface area contributed by atoms with Gasteiger partial charge < -0.3 is 78.5 Å². The lowest BCUT2D eigenvalue weighted by atomic mass is 10.1. The number of ether oxygens (including phenoxy) is 8. The maximum absolute atomic E-state index is 12.4. The first-order valence-electron chi connectivity index (χ1n) is 28.6. The van der Waals surface area contributed by atoms with Crippen LogP contribution in [0.5, 0.6) is 11.5 Å². The molecule has 8 N–H and O–H groups in total. The van der Waals surface area contributed by atoms with E-state index in [1.165, 1.54) is 6.92 Å². The molecule has 89 heavy (non-hydrogen) atoms. The number of carbonyl (C=O) groups is 4. The fourth-order valence-electron chi connectivity index (χ4n) is 8.31. The predicted molar refractivity (Wildman–Crippen MR) is 324 cm³/mol. The zero-order valence-electron chi connectivity index (χ0n) is 50.6. The quantitative estimate of drug-likeness (QED) is 0.00841. The van der Waals surface area contributed by atoms with Gasteiger partial charge in [0, 0.05) is 49.3 Å². The summed E-state index contributed by atoms with van der Waals surface area (Å²) in [4.78, 5) is 84.5. The second-order valence-corrected chi connectivity index (χ2v) is 22.1. The number of allylic oxidation sites excluding steroid dienone is 2. The molecule has 2 aromatic carbocycles. The van der Waals surface area contributed by atoms with Crippen molar-refractivity contribution >= 4 is 95.0 Å². The highest BCUT2D eigenvalue weighted by Gasteiger charge is 2.28. The number of aryl methyl sites for hydroxylation is 2. The van der Waals surface area contributed by atoms with Crippen LogP contribution in [0.2, 0.25) is 0 Å². The molecule has 0 spiro atoms. The molecule has 490 valence electrons. The van der Waals surface area contributed by atoms with Gasteiger partial charge in [-0.05, 0) is 51.0 Å². The van der Waals surface area contributed by atoms with Crippen LogP contribution >= 0.6 is 15.6 Å². The number of rotatable bonds is 39. The molecule has 0 amide bonds. The third kappa shape index (κ3) is 23.9. The number of pyridine rings is 2. The van der Waals surface area contributed by atoms with E-state index in [2.05, 4.69) is 19.9 Å². The molecule has 0 saturated heterocycles. The van der Waals surface area contributed by atoms with Crippen molar-refractivity contribution in [1.82, 2.24) is 29.1 Å². The summed E-state index contributed by atoms with van der Waals surface area (Å²) in [5, 5.41) is 20.5. The van der Waals surface area contributed by atoms with E-state index in [9.17, 15) is 48.3 Å². The summed E-state index contributed by atoms with van der Waals surface area (Å²) in [6, 6.07) is 10.6. The number of aliphatic hydroxyl groups is 2. The number of esters is 4. The standard InChI is InChI=1S/C34H49N4O12P.C23H31N4O10P/c1-4-6-8-10-30(40)47-23-27(50-31(41)11-9-7-5-2)24-49-51(42,43)48-21-19-45-17-16-44-18-20-46-26-12-13-28-29(22-26)37-34(35)32-33(28)38(14-15-39)25(3)36-32;1-4-20(30)37-17(12-34-15(3)29)13-36-38(31,32)35-10-9-33-16-5-6-18-19(11-16)26-23(24)21-22(18)27(7-8-28)14(2)25-21/h6-9,12-13,22,27,39H,4-5,10-11,14-21,23-24H2,1-3H3,(H2,35,37)(H,42,43);5-6,11,17,28H,4,7-10,12-13H2,1-3H3,(H2,24,26)(H,31,32)/b8-6-,9-7-;/t27-;17-/m11/s1. The maximum atomic E-state index is 12.4. The first kappa shape index (κ1) is 72.6. The summed E-state index contributed by atoms with van der Waals surface area (Å²) in [5.41, 5.74) is 16.2. The smallest absolute Gasteiger partial charge is 0.472 e. The molecule has 4 heterocycles. The van der Waals surface area contributed by atoms with Gasteiger partial charge in [0.15, 0.2) is 23.8 Å². The average Bonchev–Trinajstić information content (AvgIpc) is 1.73. The van der Waals surface area contributed by atoms with Gasteiger partial charge in [-0.1, -0.05) is 45.1 Å². The van der Waals surface area contributed by atoms with Crippen molar-refractivity contribution in [2.75, 3.05) is 104 Å². The third-order valence-corrected chi connectivity index (χ3v) is 14.3. The first-order valence-corrected chi connectivity index (χ1v) is 31.6. The van der Waals surface area contributed by atoms with Crippen molar-refractivity contribution in [2.45, 2.75) is 98.9 Å². The van der Waals surface area contributed by atoms with Crippen LogP contribution in [0.4, 0.5) is 11.6 Å². The summed E-state index contributed by atoms with van der Waals surface area (Å²) in [7, 11) is -9.05. The molecule has 0 aliphatic heterocycles. The number of hydrogen-bond donors (Lipinski definition) is 6. The number of phosphoric ester groups is 2. The Morgan fingerprint density at radius 1 is 0.562 bits per heavy atom. The second-order valence-electron chi connectivity index (χ2n) is 19.2. The summed E-state index contributed by atoms with van der Waals surface area (Å²) in [6.45, 7) is 9.47. The number of nitrogen functional groups attached to an aromatic ring is 2. The Morgan fingerprint density at radius 2 is 0.989 bits per heavy atom. The SMILES string of the molecule is CC/C=C\CC(=O)OC[C@H](COP(=O)(O)OCCOCCOCCOc1ccc2c(c1)nc(N)c1nc(C)n(CCO)c12)OC(=O)C/C=C\CC.CCC(=O)O[C@H](COC(C)=O)COP(=O)(O)OCCOc1ccc2c(c1)nc(N)c1nc(C)n(CCO)c12. The van der Waals surface area contributed by atoms with E-state index in [1.807, 2.05) is 55.0 Å². The van der Waals surface area contributed by atoms with E-state index in [4.69, 9.17) is 67.5 Å². The van der Waals surface area contributed by atoms with Crippen molar-refractivity contribution in [3.05, 3.63) is 72.4 Å². The second kappa shape index (κ2) is 37.1. The minimum absolute atomic E-state index is 0.0130. The Labute approximate surface area is 513 Å². The molecule has 4 aromatic heterocycles. The highest BCUT2D eigenvalue weighted by molar-refractivity contribution is 7.47. The number of nitrogens with zero attached hydrogens (tertiary/aromatic N) is 6. The minimum atomic E-state index is -4.53. The molecule has 0 bridgehead atoms. The molecule has 32 heteroatoms. The van der Waals surface area contributed by atoms with Crippen LogP contribution in [-0.2, 0) is 87.9 Å². The van der Waals surface area contributed by atoms with Gasteiger partial charge in [-0.15, -0.1) is 0 Å². The van der Waals surface area contributed by atoms with Crippen LogP contribution in [0, 0.1) is 13.8 Å². The van der Waals surface area contributed by atoms with Crippen molar-refractivity contribution in [3.8, 4) is 11.5 Å². The molecule has 0 fully saturated rings. The highest BCUT2D eigenvalue weighted by atomic mass is 31.2. The van der Waals surface area contributed by atoms with Gasteiger partial charge in [0.2, 0.25) is 0 Å². The van der Waals surface area contributed by atoms with E-state index in [0.717, 1.165) is 40.5 Å². The number of benzene rings is 2. The van der Waals surface area contributed by atoms with Crippen LogP contribution < -0.4 is 20.9 Å². The van der Waals surface area contributed by atoms with Crippen molar-refractivity contribution in [3.63, 3.8) is 0 Å². The van der Waals surface area contributed by atoms with Crippen molar-refractivity contribution < 1.29 is 104 Å². The molecule has 0 radical (unpaired) electrons. The molecular weight excluding hydrogens is 1210 g/mol. The number of phosphoric acid groups is 2. The van der Waals surface area contributed by atoms with Crippen LogP contribution in [0.15, 0.2) is 60.7 Å². The van der Waals surface area contributed by atoms with Gasteiger partial charge in [-0.2, -0.15) is 0 Å². The van der Waals surface area contributed by atoms with Crippen molar-refractivity contribution in [1.29, 1.82) is 0 Å². The van der Waals surface area contributed by atoms with Gasteiger partial charge in [0.1, 0.15) is 60.6 Å². The van der Waals surface area contributed by atoms with Gasteiger partial charge >= 0.3 is 39.5 Å². The van der Waals surface area contributed by atoms with Gasteiger partial charge in [-0.3, -0.25) is 37.3 Å². The van der Waals surface area contributed by atoms with Crippen LogP contribution in [0.25, 0.3) is 43.9 Å². The number of nitrogens with two attached hydrogens (primary N) is 2. The lowest BCUT2D eigenvalue weighted by Crippen LogP contribution is -2.29. The highest BCUT2D eigenvalue weighted by Crippen LogP contribution is 2.44. The molecule has 0 aliphatic carbocycles. The maximum Gasteiger partial charge on any atom is 0.472 e. The number of aromatic nitrogens is 6. The number of carbonyl (C=O) groups excluding carboxylic acids is 4.